The van der Waals surface area contributed by atoms with Crippen molar-refractivity contribution in [2.45, 2.75) is 39.1 Å². The van der Waals surface area contributed by atoms with Gasteiger partial charge in [0.05, 0.1) is 29.1 Å². The number of nitrogens with one attached hydrogen (secondary N) is 2. The van der Waals surface area contributed by atoms with E-state index < -0.39 is 14.9 Å². The van der Waals surface area contributed by atoms with Crippen LogP contribution in [0.5, 0.6) is 0 Å². The van der Waals surface area contributed by atoms with Gasteiger partial charge in [0.25, 0.3) is 15.7 Å². The maximum Gasteiger partial charge on any atom is 0.270 e. The van der Waals surface area contributed by atoms with Crippen LogP contribution in [0.3, 0.4) is 0 Å². The summed E-state index contributed by atoms with van der Waals surface area (Å²) in [5, 5.41) is 15.5. The number of hydrogen-bond donors (Lipinski definition) is 2. The lowest BCUT2D eigenvalue weighted by atomic mass is 10.1. The molecule has 0 radical (unpaired) electrons. The molecule has 0 bridgehead atoms. The molecule has 0 saturated carbocycles. The van der Waals surface area contributed by atoms with E-state index in [2.05, 4.69) is 19.8 Å². The van der Waals surface area contributed by atoms with Gasteiger partial charge in [-0.2, -0.15) is 5.10 Å². The predicted molar refractivity (Wildman–Crippen MR) is 137 cm³/mol. The van der Waals surface area contributed by atoms with Gasteiger partial charge < -0.3 is 9.30 Å². The monoisotopic (exact) mass is 499 g/mol. The molecule has 11 heteroatoms. The molecule has 186 valence electrons. The number of rotatable bonds is 10. The van der Waals surface area contributed by atoms with Gasteiger partial charge in [0.2, 0.25) is 0 Å². The molecule has 0 aliphatic rings. The van der Waals surface area contributed by atoms with Crippen LogP contribution in [0.25, 0.3) is 0 Å². The van der Waals surface area contributed by atoms with Crippen LogP contribution >= 0.6 is 0 Å². The van der Waals surface area contributed by atoms with Crippen molar-refractivity contribution < 1.29 is 18.1 Å². The lowest BCUT2D eigenvalue weighted by Crippen LogP contribution is -2.16. The second-order valence-electron chi connectivity index (χ2n) is 8.20. The number of hydrazone groups is 1. The first-order valence-corrected chi connectivity index (χ1v) is 12.3. The van der Waals surface area contributed by atoms with E-state index in [9.17, 15) is 18.5 Å². The zero-order chi connectivity index (χ0) is 25.8. The summed E-state index contributed by atoms with van der Waals surface area (Å²) in [7, 11) is -2.52. The van der Waals surface area contributed by atoms with E-state index in [0.717, 1.165) is 34.1 Å². The van der Waals surface area contributed by atoms with Crippen molar-refractivity contribution in [3.8, 4) is 0 Å². The number of ether oxygens (including phenoxy) is 1. The van der Waals surface area contributed by atoms with Crippen LogP contribution in [0.2, 0.25) is 0 Å². The first kappa shape index (κ1) is 25.9. The first-order chi connectivity index (χ1) is 16.5. The van der Waals surface area contributed by atoms with Gasteiger partial charge in [-0.15, -0.1) is 0 Å². The van der Waals surface area contributed by atoms with E-state index in [0.29, 0.717) is 18.8 Å². The van der Waals surface area contributed by atoms with E-state index in [1.807, 2.05) is 32.9 Å². The highest BCUT2D eigenvalue weighted by Gasteiger charge is 2.23. The zero-order valence-electron chi connectivity index (χ0n) is 20.3. The average molecular weight is 500 g/mol. The van der Waals surface area contributed by atoms with Gasteiger partial charge in [-0.25, -0.2) is 8.42 Å². The van der Waals surface area contributed by atoms with Crippen LogP contribution < -0.4 is 10.1 Å². The van der Waals surface area contributed by atoms with Crippen LogP contribution in [-0.4, -0.2) is 37.8 Å². The van der Waals surface area contributed by atoms with Crippen molar-refractivity contribution in [1.29, 1.82) is 0 Å². The molecular formula is C24H29N5O5S. The Bertz CT molecular complexity index is 1380. The van der Waals surface area contributed by atoms with Gasteiger partial charge in [0.1, 0.15) is 4.90 Å². The number of sulfonamides is 1. The Morgan fingerprint density at radius 3 is 2.46 bits per heavy atom. The van der Waals surface area contributed by atoms with Crippen molar-refractivity contribution in [1.82, 2.24) is 4.57 Å². The molecule has 2 aromatic carbocycles. The highest BCUT2D eigenvalue weighted by Crippen LogP contribution is 2.29. The number of hydrogen-bond acceptors (Lipinski definition) is 7. The van der Waals surface area contributed by atoms with Crippen LogP contribution in [0.15, 0.2) is 52.5 Å². The minimum atomic E-state index is -4.16. The molecule has 0 amide bonds. The fraction of sp³-hybridized carbons (Fsp3) is 0.292. The maximum atomic E-state index is 13.2. The minimum Gasteiger partial charge on any atom is -0.383 e. The molecule has 1 aromatic heterocycles. The summed E-state index contributed by atoms with van der Waals surface area (Å²) in [6.07, 6.45) is 1.58. The molecule has 0 saturated heterocycles. The highest BCUT2D eigenvalue weighted by molar-refractivity contribution is 7.92. The van der Waals surface area contributed by atoms with Gasteiger partial charge in [-0.3, -0.25) is 20.3 Å². The smallest absolute Gasteiger partial charge is 0.270 e. The summed E-state index contributed by atoms with van der Waals surface area (Å²) in [6, 6.07) is 10.8. The molecular weight excluding hydrogens is 470 g/mol. The number of non-ortho nitro benzene ring substituents is 1. The second kappa shape index (κ2) is 10.7. The molecule has 0 spiro atoms. The topological polar surface area (TPSA) is 128 Å². The van der Waals surface area contributed by atoms with E-state index in [-0.39, 0.29) is 16.3 Å². The van der Waals surface area contributed by atoms with E-state index >= 15 is 0 Å². The summed E-state index contributed by atoms with van der Waals surface area (Å²) in [6.45, 7) is 8.89. The number of aromatic nitrogens is 1. The fourth-order valence-corrected chi connectivity index (χ4v) is 5.03. The van der Waals surface area contributed by atoms with Crippen molar-refractivity contribution in [3.05, 3.63) is 80.7 Å². The van der Waals surface area contributed by atoms with E-state index in [1.165, 1.54) is 12.1 Å². The third kappa shape index (κ3) is 6.06. The maximum absolute atomic E-state index is 13.2. The highest BCUT2D eigenvalue weighted by atomic mass is 32.2. The predicted octanol–water partition coefficient (Wildman–Crippen LogP) is 4.52. The molecule has 0 fully saturated rings. The molecule has 3 rings (SSSR count). The Balaban J connectivity index is 1.93. The quantitative estimate of drug-likeness (QED) is 0.240. The Labute approximate surface area is 204 Å². The Kier molecular flexibility index (Phi) is 7.92. The molecule has 2 N–H and O–H groups in total. The number of nitro groups is 1. The van der Waals surface area contributed by atoms with Crippen molar-refractivity contribution in [3.63, 3.8) is 0 Å². The molecule has 10 nitrogen and oxygen atoms in total. The summed E-state index contributed by atoms with van der Waals surface area (Å²) >= 11 is 0. The largest absolute Gasteiger partial charge is 0.383 e. The summed E-state index contributed by atoms with van der Waals surface area (Å²) < 4.78 is 36.2. The third-order valence-corrected chi connectivity index (χ3v) is 7.02. The molecule has 0 aliphatic heterocycles. The normalized spacial score (nSPS) is 11.7. The molecule has 0 atom stereocenters. The summed E-state index contributed by atoms with van der Waals surface area (Å²) in [5.41, 5.74) is 7.48. The van der Waals surface area contributed by atoms with E-state index in [4.69, 9.17) is 4.74 Å². The number of nitro benzene ring substituents is 1. The molecule has 0 aliphatic carbocycles. The van der Waals surface area contributed by atoms with Crippen LogP contribution in [0.1, 0.15) is 28.1 Å². The number of nitrogens with zero attached hydrogens (tertiary/aromatic N) is 3. The number of methoxy groups -OCH3 is 1. The molecule has 3 aromatic rings. The van der Waals surface area contributed by atoms with E-state index in [1.54, 1.807) is 32.4 Å². The van der Waals surface area contributed by atoms with Gasteiger partial charge in [-0.05, 0) is 51.5 Å². The van der Waals surface area contributed by atoms with Crippen molar-refractivity contribution >= 4 is 33.3 Å². The van der Waals surface area contributed by atoms with Gasteiger partial charge >= 0.3 is 0 Å². The fourth-order valence-electron chi connectivity index (χ4n) is 3.72. The number of anilines is 2. The Hall–Kier alpha value is -3.70. The van der Waals surface area contributed by atoms with Gasteiger partial charge in [0.15, 0.2) is 0 Å². The lowest BCUT2D eigenvalue weighted by Gasteiger charge is -2.14. The lowest BCUT2D eigenvalue weighted by molar-refractivity contribution is -0.385. The van der Waals surface area contributed by atoms with Gasteiger partial charge in [-0.1, -0.05) is 17.7 Å². The Morgan fingerprint density at radius 1 is 1.09 bits per heavy atom. The van der Waals surface area contributed by atoms with Crippen molar-refractivity contribution in [2.75, 3.05) is 23.9 Å². The average Bonchev–Trinajstić information content (AvgIpc) is 3.06. The summed E-state index contributed by atoms with van der Waals surface area (Å²) in [4.78, 5) is 10.4. The van der Waals surface area contributed by atoms with Gasteiger partial charge in [0, 0.05) is 42.7 Å². The Morgan fingerprint density at radius 2 is 1.80 bits per heavy atom. The molecule has 0 unspecified atom stereocenters. The molecule has 35 heavy (non-hydrogen) atoms. The first-order valence-electron chi connectivity index (χ1n) is 10.9. The zero-order valence-corrected chi connectivity index (χ0v) is 21.1. The third-order valence-electron chi connectivity index (χ3n) is 5.61. The standard InChI is InChI=1S/C24H29N5O5S/c1-16-6-8-22(17(2)12-16)27-35(32,33)24-14-21(29(30)31)7-9-23(24)26-25-15-20-13-18(3)28(19(20)4)10-11-34-5/h6-9,12-15,26-27H,10-11H2,1-5H3. The van der Waals surface area contributed by atoms with Crippen molar-refractivity contribution in [2.24, 2.45) is 5.10 Å². The van der Waals surface area contributed by atoms with Crippen LogP contribution in [0.4, 0.5) is 17.1 Å². The van der Waals surface area contributed by atoms with Crippen LogP contribution in [-0.2, 0) is 21.3 Å². The SMILES string of the molecule is COCCn1c(C)cc(C=NNc2ccc([N+](=O)[O-])cc2S(=O)(=O)Nc2ccc(C)cc2C)c1C. The minimum absolute atomic E-state index is 0.109. The molecule has 1 heterocycles. The number of aryl methyl sites for hydroxylation is 3. The van der Waals surface area contributed by atoms with Crippen LogP contribution in [0, 0.1) is 37.8 Å². The second-order valence-corrected chi connectivity index (χ2v) is 9.85. The number of benzene rings is 2. The summed E-state index contributed by atoms with van der Waals surface area (Å²) in [5.74, 6) is 0.